The zero-order chi connectivity index (χ0) is 22.1. The quantitative estimate of drug-likeness (QED) is 0.323. The van der Waals surface area contributed by atoms with Crippen LogP contribution in [0, 0.1) is 0 Å². The van der Waals surface area contributed by atoms with Gasteiger partial charge in [0.2, 0.25) is 5.82 Å². The molecule has 5 nitrogen and oxygen atoms in total. The Balaban J connectivity index is 1.51. The van der Waals surface area contributed by atoms with E-state index in [2.05, 4.69) is 21.4 Å². The molecule has 0 saturated carbocycles. The van der Waals surface area contributed by atoms with Crippen LogP contribution in [0.5, 0.6) is 0 Å². The molecule has 5 rings (SSSR count). The molecule has 0 saturated heterocycles. The highest BCUT2D eigenvalue weighted by molar-refractivity contribution is 6.31. The average molecular weight is 441 g/mol. The number of hydrogen-bond donors (Lipinski definition) is 1. The Hall–Kier alpha value is -3.83. The highest BCUT2D eigenvalue weighted by atomic mass is 35.5. The highest BCUT2D eigenvalue weighted by Gasteiger charge is 2.19. The molecule has 1 amide bonds. The minimum Gasteiger partial charge on any atom is -0.344 e. The van der Waals surface area contributed by atoms with E-state index in [1.54, 1.807) is 6.07 Å². The van der Waals surface area contributed by atoms with Crippen LogP contribution in [0.4, 0.5) is 5.69 Å². The maximum absolute atomic E-state index is 13.3. The third-order valence-electron chi connectivity index (χ3n) is 5.45. The van der Waals surface area contributed by atoms with E-state index in [-0.39, 0.29) is 5.91 Å². The summed E-state index contributed by atoms with van der Waals surface area (Å²) in [7, 11) is 0. The van der Waals surface area contributed by atoms with Gasteiger partial charge >= 0.3 is 0 Å². The first-order valence-electron chi connectivity index (χ1n) is 10.3. The number of nitrogens with zero attached hydrogens (tertiary/aromatic N) is 3. The van der Waals surface area contributed by atoms with Gasteiger partial charge in [0.05, 0.1) is 11.0 Å². The van der Waals surface area contributed by atoms with E-state index in [9.17, 15) is 4.79 Å². The van der Waals surface area contributed by atoms with Gasteiger partial charge in [-0.3, -0.25) is 4.79 Å². The van der Waals surface area contributed by atoms with Gasteiger partial charge in [-0.1, -0.05) is 48.0 Å². The van der Waals surface area contributed by atoms with Crippen LogP contribution in [0.25, 0.3) is 21.9 Å². The maximum atomic E-state index is 13.3. The van der Waals surface area contributed by atoms with E-state index in [1.807, 2.05) is 83.6 Å². The van der Waals surface area contributed by atoms with Gasteiger partial charge in [-0.2, -0.15) is 0 Å². The SMILES string of the molecule is C=CCn1ccc2cc(NC(=O)c3nc4ccc(Cl)cc4n3Cc3ccccc3)ccc21. The molecule has 0 atom stereocenters. The predicted octanol–water partition coefficient (Wildman–Crippen LogP) is 6.13. The van der Waals surface area contributed by atoms with E-state index < -0.39 is 0 Å². The van der Waals surface area contributed by atoms with E-state index in [0.29, 0.717) is 17.4 Å². The van der Waals surface area contributed by atoms with Crippen molar-refractivity contribution >= 4 is 45.1 Å². The largest absolute Gasteiger partial charge is 0.344 e. The second-order valence-electron chi connectivity index (χ2n) is 7.62. The number of nitrogens with one attached hydrogen (secondary N) is 1. The highest BCUT2D eigenvalue weighted by Crippen LogP contribution is 2.24. The second kappa shape index (κ2) is 8.36. The Labute approximate surface area is 190 Å². The molecule has 0 aliphatic rings. The molecular weight excluding hydrogens is 420 g/mol. The number of aromatic nitrogens is 3. The number of hydrogen-bond acceptors (Lipinski definition) is 2. The summed E-state index contributed by atoms with van der Waals surface area (Å²) in [5.74, 6) is 0.0774. The summed E-state index contributed by atoms with van der Waals surface area (Å²) in [5, 5.41) is 4.66. The summed E-state index contributed by atoms with van der Waals surface area (Å²) in [6.45, 7) is 5.05. The van der Waals surface area contributed by atoms with Crippen LogP contribution >= 0.6 is 11.6 Å². The molecule has 0 unspecified atom stereocenters. The third-order valence-corrected chi connectivity index (χ3v) is 5.69. The van der Waals surface area contributed by atoms with Gasteiger partial charge in [-0.05, 0) is 48.0 Å². The van der Waals surface area contributed by atoms with Crippen molar-refractivity contribution in [3.63, 3.8) is 0 Å². The predicted molar refractivity (Wildman–Crippen MR) is 130 cm³/mol. The van der Waals surface area contributed by atoms with E-state index in [4.69, 9.17) is 11.6 Å². The number of allylic oxidation sites excluding steroid dienone is 1. The van der Waals surface area contributed by atoms with Gasteiger partial charge in [0.15, 0.2) is 0 Å². The number of rotatable bonds is 6. The van der Waals surface area contributed by atoms with Crippen LogP contribution in [0.3, 0.4) is 0 Å². The smallest absolute Gasteiger partial charge is 0.291 e. The van der Waals surface area contributed by atoms with E-state index >= 15 is 0 Å². The molecule has 0 fully saturated rings. The normalized spacial score (nSPS) is 11.2. The Morgan fingerprint density at radius 2 is 1.88 bits per heavy atom. The number of benzene rings is 3. The molecule has 6 heteroatoms. The molecule has 0 spiro atoms. The summed E-state index contributed by atoms with van der Waals surface area (Å²) in [6, 6.07) is 23.4. The van der Waals surface area contributed by atoms with Crippen molar-refractivity contribution in [3.05, 3.63) is 108 Å². The van der Waals surface area contributed by atoms with Crippen molar-refractivity contribution in [1.82, 2.24) is 14.1 Å². The number of anilines is 1. The number of carbonyl (C=O) groups is 1. The first-order valence-corrected chi connectivity index (χ1v) is 10.7. The topological polar surface area (TPSA) is 51.9 Å². The molecule has 1 N–H and O–H groups in total. The first kappa shape index (κ1) is 20.1. The Kier molecular flexibility index (Phi) is 5.25. The zero-order valence-electron chi connectivity index (χ0n) is 17.3. The van der Waals surface area contributed by atoms with E-state index in [0.717, 1.165) is 39.7 Å². The fourth-order valence-electron chi connectivity index (χ4n) is 3.96. The van der Waals surface area contributed by atoms with Crippen LogP contribution in [0.2, 0.25) is 5.02 Å². The Morgan fingerprint density at radius 3 is 2.69 bits per heavy atom. The number of amides is 1. The lowest BCUT2D eigenvalue weighted by Gasteiger charge is -2.10. The maximum Gasteiger partial charge on any atom is 0.291 e. The molecule has 3 aromatic carbocycles. The number of fused-ring (bicyclic) bond motifs is 2. The number of carbonyl (C=O) groups excluding carboxylic acids is 1. The Bertz CT molecular complexity index is 1450. The zero-order valence-corrected chi connectivity index (χ0v) is 18.1. The van der Waals surface area contributed by atoms with Crippen LogP contribution in [-0.4, -0.2) is 20.0 Å². The van der Waals surface area contributed by atoms with Gasteiger partial charge in [0.25, 0.3) is 5.91 Å². The fraction of sp³-hybridized carbons (Fsp3) is 0.0769. The summed E-state index contributed by atoms with van der Waals surface area (Å²) in [5.41, 5.74) is 4.44. The molecule has 0 aliphatic carbocycles. The lowest BCUT2D eigenvalue weighted by Crippen LogP contribution is -2.18. The first-order chi connectivity index (χ1) is 15.6. The fourth-order valence-corrected chi connectivity index (χ4v) is 4.12. The summed E-state index contributed by atoms with van der Waals surface area (Å²) in [4.78, 5) is 17.9. The minimum absolute atomic E-state index is 0.266. The van der Waals surface area contributed by atoms with Crippen molar-refractivity contribution in [1.29, 1.82) is 0 Å². The van der Waals surface area contributed by atoms with Gasteiger partial charge in [-0.15, -0.1) is 6.58 Å². The third kappa shape index (κ3) is 3.79. The summed E-state index contributed by atoms with van der Waals surface area (Å²) in [6.07, 6.45) is 3.87. The number of halogens is 1. The van der Waals surface area contributed by atoms with Gasteiger partial charge < -0.3 is 14.5 Å². The number of imidazole rings is 1. The molecule has 32 heavy (non-hydrogen) atoms. The monoisotopic (exact) mass is 440 g/mol. The van der Waals surface area contributed by atoms with Gasteiger partial charge in [0.1, 0.15) is 0 Å². The lowest BCUT2D eigenvalue weighted by molar-refractivity contribution is 0.101. The van der Waals surface area contributed by atoms with Crippen LogP contribution < -0.4 is 5.32 Å². The second-order valence-corrected chi connectivity index (χ2v) is 8.06. The standard InChI is InChI=1S/C26H21ClN4O/c1-2-13-30-14-12-19-15-21(9-11-23(19)30)28-26(32)25-29-22-10-8-20(27)16-24(22)31(25)17-18-6-4-3-5-7-18/h2-12,14-16H,1,13,17H2,(H,28,32). The molecule has 158 valence electrons. The molecular formula is C26H21ClN4O. The van der Waals surface area contributed by atoms with Crippen LogP contribution in [0.15, 0.2) is 91.6 Å². The van der Waals surface area contributed by atoms with Crippen molar-refractivity contribution < 1.29 is 4.79 Å². The summed E-state index contributed by atoms with van der Waals surface area (Å²) >= 11 is 6.24. The molecule has 5 aromatic rings. The van der Waals surface area contributed by atoms with Crippen molar-refractivity contribution in [3.8, 4) is 0 Å². The van der Waals surface area contributed by atoms with Crippen LogP contribution in [-0.2, 0) is 13.1 Å². The lowest BCUT2D eigenvalue weighted by atomic mass is 10.2. The average Bonchev–Trinajstić information content (AvgIpc) is 3.36. The minimum atomic E-state index is -0.266. The molecule has 0 bridgehead atoms. The summed E-state index contributed by atoms with van der Waals surface area (Å²) < 4.78 is 4.02. The van der Waals surface area contributed by atoms with Crippen LogP contribution in [0.1, 0.15) is 16.2 Å². The van der Waals surface area contributed by atoms with Crippen molar-refractivity contribution in [2.75, 3.05) is 5.32 Å². The molecule has 2 aromatic heterocycles. The Morgan fingerprint density at radius 1 is 1.03 bits per heavy atom. The van der Waals surface area contributed by atoms with E-state index in [1.165, 1.54) is 0 Å². The van der Waals surface area contributed by atoms with Gasteiger partial charge in [-0.25, -0.2) is 4.98 Å². The molecule has 2 heterocycles. The molecule has 0 aliphatic heterocycles. The molecule has 0 radical (unpaired) electrons. The van der Waals surface area contributed by atoms with Crippen molar-refractivity contribution in [2.24, 2.45) is 0 Å². The van der Waals surface area contributed by atoms with Gasteiger partial charge in [0, 0.05) is 40.9 Å². The van der Waals surface area contributed by atoms with Crippen molar-refractivity contribution in [2.45, 2.75) is 13.1 Å².